The van der Waals surface area contributed by atoms with E-state index in [1.54, 1.807) is 7.11 Å². The highest BCUT2D eigenvalue weighted by atomic mass is 16.5. The van der Waals surface area contributed by atoms with Crippen LogP contribution in [0, 0.1) is 6.92 Å². The van der Waals surface area contributed by atoms with Crippen molar-refractivity contribution in [2.45, 2.75) is 39.2 Å². The molecule has 1 N–H and O–H groups in total. The smallest absolute Gasteiger partial charge is 0.244 e. The molecule has 0 radical (unpaired) electrons. The average molecular weight is 276 g/mol. The van der Waals surface area contributed by atoms with Gasteiger partial charge in [0.2, 0.25) is 5.91 Å². The summed E-state index contributed by atoms with van der Waals surface area (Å²) < 4.78 is 5.34. The Bertz CT molecular complexity index is 468. The first kappa shape index (κ1) is 14.7. The number of ether oxygens (including phenoxy) is 1. The highest BCUT2D eigenvalue weighted by Gasteiger charge is 2.22. The zero-order chi connectivity index (χ0) is 14.5. The Morgan fingerprint density at radius 3 is 2.65 bits per heavy atom. The second-order valence-corrected chi connectivity index (χ2v) is 5.46. The van der Waals surface area contributed by atoms with Crippen molar-refractivity contribution in [3.63, 3.8) is 0 Å². The van der Waals surface area contributed by atoms with Crippen molar-refractivity contribution in [3.8, 4) is 5.75 Å². The molecular weight excluding hydrogens is 252 g/mol. The first-order valence-electron chi connectivity index (χ1n) is 7.32. The summed E-state index contributed by atoms with van der Waals surface area (Å²) in [6.45, 7) is 5.71. The summed E-state index contributed by atoms with van der Waals surface area (Å²) in [5, 5.41) is 3.28. The maximum Gasteiger partial charge on any atom is 0.244 e. The predicted octanol–water partition coefficient (Wildman–Crippen LogP) is 2.82. The van der Waals surface area contributed by atoms with E-state index in [4.69, 9.17) is 4.74 Å². The van der Waals surface area contributed by atoms with Crippen LogP contribution in [0.3, 0.4) is 0 Å². The van der Waals surface area contributed by atoms with Crippen LogP contribution < -0.4 is 10.1 Å². The number of piperidine rings is 1. The maximum absolute atomic E-state index is 12.4. The number of nitrogens with zero attached hydrogens (tertiary/aromatic N) is 1. The Labute approximate surface area is 121 Å². The standard InChI is InChI=1S/C16H24N2O2/c1-12-7-8-15(20-3)14(11-12)17-13(2)16(19)18-9-5-4-6-10-18/h7-8,11,13,17H,4-6,9-10H2,1-3H3. The van der Waals surface area contributed by atoms with Crippen molar-refractivity contribution in [3.05, 3.63) is 23.8 Å². The summed E-state index contributed by atoms with van der Waals surface area (Å²) in [5.41, 5.74) is 2.02. The molecule has 0 aliphatic carbocycles. The lowest BCUT2D eigenvalue weighted by Crippen LogP contribution is -2.43. The van der Waals surface area contributed by atoms with Gasteiger partial charge in [-0.15, -0.1) is 0 Å². The van der Waals surface area contributed by atoms with Gasteiger partial charge in [-0.1, -0.05) is 6.07 Å². The van der Waals surface area contributed by atoms with Crippen molar-refractivity contribution in [2.75, 3.05) is 25.5 Å². The van der Waals surface area contributed by atoms with E-state index in [1.165, 1.54) is 6.42 Å². The van der Waals surface area contributed by atoms with E-state index in [9.17, 15) is 4.79 Å². The van der Waals surface area contributed by atoms with Gasteiger partial charge < -0.3 is 15.0 Å². The number of nitrogens with one attached hydrogen (secondary N) is 1. The molecule has 1 aromatic rings. The third-order valence-electron chi connectivity index (χ3n) is 3.77. The fraction of sp³-hybridized carbons (Fsp3) is 0.562. The molecule has 1 unspecified atom stereocenters. The number of hydrogen-bond donors (Lipinski definition) is 1. The maximum atomic E-state index is 12.4. The molecule has 1 aliphatic rings. The van der Waals surface area contributed by atoms with Crippen LogP contribution in [0.2, 0.25) is 0 Å². The molecule has 1 heterocycles. The number of hydrogen-bond acceptors (Lipinski definition) is 3. The number of methoxy groups -OCH3 is 1. The number of rotatable bonds is 4. The number of benzene rings is 1. The molecule has 20 heavy (non-hydrogen) atoms. The Balaban J connectivity index is 2.04. The molecule has 1 saturated heterocycles. The highest BCUT2D eigenvalue weighted by molar-refractivity contribution is 5.85. The zero-order valence-electron chi connectivity index (χ0n) is 12.6. The lowest BCUT2D eigenvalue weighted by atomic mass is 10.1. The molecule has 4 nitrogen and oxygen atoms in total. The molecule has 4 heteroatoms. The topological polar surface area (TPSA) is 41.6 Å². The van der Waals surface area contributed by atoms with Crippen LogP contribution in [0.1, 0.15) is 31.7 Å². The van der Waals surface area contributed by atoms with Crippen LogP contribution in [-0.4, -0.2) is 37.0 Å². The zero-order valence-corrected chi connectivity index (χ0v) is 12.6. The molecule has 1 aliphatic heterocycles. The number of amides is 1. The minimum atomic E-state index is -0.233. The third kappa shape index (κ3) is 3.44. The van der Waals surface area contributed by atoms with Gasteiger partial charge >= 0.3 is 0 Å². The van der Waals surface area contributed by atoms with Gasteiger partial charge in [0.15, 0.2) is 0 Å². The van der Waals surface area contributed by atoms with Crippen molar-refractivity contribution in [2.24, 2.45) is 0 Å². The Morgan fingerprint density at radius 1 is 1.30 bits per heavy atom. The van der Waals surface area contributed by atoms with E-state index in [2.05, 4.69) is 5.32 Å². The van der Waals surface area contributed by atoms with Gasteiger partial charge in [-0.3, -0.25) is 4.79 Å². The molecule has 110 valence electrons. The summed E-state index contributed by atoms with van der Waals surface area (Å²) in [7, 11) is 1.65. The number of carbonyl (C=O) groups is 1. The summed E-state index contributed by atoms with van der Waals surface area (Å²) in [5.74, 6) is 0.946. The fourth-order valence-electron chi connectivity index (χ4n) is 2.62. The number of carbonyl (C=O) groups excluding carboxylic acids is 1. The van der Waals surface area contributed by atoms with Crippen LogP contribution in [0.5, 0.6) is 5.75 Å². The molecule has 0 saturated carbocycles. The summed E-state index contributed by atoms with van der Waals surface area (Å²) in [4.78, 5) is 14.4. The minimum Gasteiger partial charge on any atom is -0.495 e. The third-order valence-corrected chi connectivity index (χ3v) is 3.77. The first-order valence-corrected chi connectivity index (χ1v) is 7.32. The number of anilines is 1. The number of likely N-dealkylation sites (tertiary alicyclic amines) is 1. The average Bonchev–Trinajstić information content (AvgIpc) is 2.47. The van der Waals surface area contributed by atoms with Gasteiger partial charge in [-0.25, -0.2) is 0 Å². The first-order chi connectivity index (χ1) is 9.61. The van der Waals surface area contributed by atoms with Crippen LogP contribution in [0.4, 0.5) is 5.69 Å². The minimum absolute atomic E-state index is 0.174. The molecule has 1 fully saturated rings. The molecule has 1 atom stereocenters. The van der Waals surface area contributed by atoms with E-state index in [0.29, 0.717) is 0 Å². The van der Waals surface area contributed by atoms with E-state index >= 15 is 0 Å². The second-order valence-electron chi connectivity index (χ2n) is 5.46. The quantitative estimate of drug-likeness (QED) is 0.919. The van der Waals surface area contributed by atoms with E-state index in [0.717, 1.165) is 42.9 Å². The van der Waals surface area contributed by atoms with Crippen molar-refractivity contribution >= 4 is 11.6 Å². The molecule has 2 rings (SSSR count). The molecule has 1 amide bonds. The van der Waals surface area contributed by atoms with Crippen molar-refractivity contribution in [1.82, 2.24) is 4.90 Å². The summed E-state index contributed by atoms with van der Waals surface area (Å²) in [6.07, 6.45) is 3.47. The normalized spacial score (nSPS) is 16.6. The largest absolute Gasteiger partial charge is 0.495 e. The second kappa shape index (κ2) is 6.64. The monoisotopic (exact) mass is 276 g/mol. The van der Waals surface area contributed by atoms with Crippen molar-refractivity contribution < 1.29 is 9.53 Å². The highest BCUT2D eigenvalue weighted by Crippen LogP contribution is 2.26. The predicted molar refractivity (Wildman–Crippen MR) is 81.2 cm³/mol. The van der Waals surface area contributed by atoms with Gasteiger partial charge in [0, 0.05) is 13.1 Å². The van der Waals surface area contributed by atoms with Crippen molar-refractivity contribution in [1.29, 1.82) is 0 Å². The Morgan fingerprint density at radius 2 is 2.00 bits per heavy atom. The van der Waals surface area contributed by atoms with Crippen LogP contribution >= 0.6 is 0 Å². The van der Waals surface area contributed by atoms with E-state index < -0.39 is 0 Å². The molecule has 0 bridgehead atoms. The molecule has 0 aromatic heterocycles. The Kier molecular flexibility index (Phi) is 4.88. The van der Waals surface area contributed by atoms with Crippen LogP contribution in [0.15, 0.2) is 18.2 Å². The van der Waals surface area contributed by atoms with Crippen LogP contribution in [0.25, 0.3) is 0 Å². The lowest BCUT2D eigenvalue weighted by molar-refractivity contribution is -0.132. The lowest BCUT2D eigenvalue weighted by Gasteiger charge is -2.30. The Hall–Kier alpha value is -1.71. The number of aryl methyl sites for hydroxylation is 1. The molecule has 1 aromatic carbocycles. The summed E-state index contributed by atoms with van der Waals surface area (Å²) >= 11 is 0. The van der Waals surface area contributed by atoms with Gasteiger partial charge in [0.05, 0.1) is 12.8 Å². The van der Waals surface area contributed by atoms with Gasteiger partial charge in [0.25, 0.3) is 0 Å². The molecule has 0 spiro atoms. The fourth-order valence-corrected chi connectivity index (χ4v) is 2.62. The summed E-state index contributed by atoms with van der Waals surface area (Å²) in [6, 6.07) is 5.71. The molecular formula is C16H24N2O2. The van der Waals surface area contributed by atoms with E-state index in [1.807, 2.05) is 36.9 Å². The van der Waals surface area contributed by atoms with Gasteiger partial charge in [-0.05, 0) is 50.8 Å². The van der Waals surface area contributed by atoms with E-state index in [-0.39, 0.29) is 11.9 Å². The van der Waals surface area contributed by atoms with Crippen LogP contribution in [-0.2, 0) is 4.79 Å². The SMILES string of the molecule is COc1ccc(C)cc1NC(C)C(=O)N1CCCCC1. The van der Waals surface area contributed by atoms with Gasteiger partial charge in [-0.2, -0.15) is 0 Å². The van der Waals surface area contributed by atoms with Gasteiger partial charge in [0.1, 0.15) is 11.8 Å².